The van der Waals surface area contributed by atoms with Gasteiger partial charge >= 0.3 is 0 Å². The maximum absolute atomic E-state index is 13.1. The normalized spacial score (nSPS) is 26.7. The lowest BCUT2D eigenvalue weighted by Crippen LogP contribution is -2.60. The fourth-order valence-electron chi connectivity index (χ4n) is 2.17. The quantitative estimate of drug-likeness (QED) is 0.844. The molecule has 1 fully saturated rings. The molecule has 1 aliphatic rings. The van der Waals surface area contributed by atoms with Crippen LogP contribution in [0.15, 0.2) is 24.3 Å². The average Bonchev–Trinajstić information content (AvgIpc) is 2.34. The van der Waals surface area contributed by atoms with Crippen molar-refractivity contribution in [3.8, 4) is 5.75 Å². The van der Waals surface area contributed by atoms with Gasteiger partial charge < -0.3 is 14.8 Å². The molecule has 4 heteroatoms. The van der Waals surface area contributed by atoms with Crippen LogP contribution in [-0.2, 0) is 4.74 Å². The third kappa shape index (κ3) is 3.00. The lowest BCUT2D eigenvalue weighted by molar-refractivity contribution is -0.106. The van der Waals surface area contributed by atoms with Gasteiger partial charge in [0.05, 0.1) is 0 Å². The van der Waals surface area contributed by atoms with E-state index in [4.69, 9.17) is 9.47 Å². The Balaban J connectivity index is 1.92. The summed E-state index contributed by atoms with van der Waals surface area (Å²) in [6.45, 7) is 2.81. The highest BCUT2D eigenvalue weighted by molar-refractivity contribution is 5.23. The summed E-state index contributed by atoms with van der Waals surface area (Å²) in [4.78, 5) is 0. The average molecular weight is 253 g/mol. The van der Waals surface area contributed by atoms with E-state index in [0.29, 0.717) is 11.8 Å². The first-order valence-corrected chi connectivity index (χ1v) is 6.45. The van der Waals surface area contributed by atoms with Crippen molar-refractivity contribution >= 4 is 0 Å². The number of benzene rings is 1. The maximum Gasteiger partial charge on any atom is 0.128 e. The maximum atomic E-state index is 13.1. The highest BCUT2D eigenvalue weighted by atomic mass is 19.1. The van der Waals surface area contributed by atoms with Crippen LogP contribution in [0.3, 0.4) is 0 Å². The predicted molar refractivity (Wildman–Crippen MR) is 68.3 cm³/mol. The Morgan fingerprint density at radius 2 is 2.28 bits per heavy atom. The Hall–Kier alpha value is -1.13. The van der Waals surface area contributed by atoms with Gasteiger partial charge in [0.2, 0.25) is 0 Å². The Labute approximate surface area is 107 Å². The van der Waals surface area contributed by atoms with Crippen molar-refractivity contribution in [1.82, 2.24) is 5.32 Å². The summed E-state index contributed by atoms with van der Waals surface area (Å²) in [5.74, 6) is 0.294. The minimum atomic E-state index is -0.275. The summed E-state index contributed by atoms with van der Waals surface area (Å²) < 4.78 is 24.6. The zero-order valence-electron chi connectivity index (χ0n) is 10.9. The summed E-state index contributed by atoms with van der Waals surface area (Å²) in [6, 6.07) is 6.57. The van der Waals surface area contributed by atoms with E-state index in [9.17, 15) is 4.39 Å². The standard InChI is InChI=1S/C14H20FNO2/c1-3-7-17-14-12(16-2)9-13(14)18-11-6-4-5-10(15)8-11/h4-6,8,12-14,16H,3,7,9H2,1-2H3. The molecule has 1 N–H and O–H groups in total. The number of likely N-dealkylation sites (N-methyl/N-ethyl adjacent to an activating group) is 1. The number of nitrogens with one attached hydrogen (secondary N) is 1. The van der Waals surface area contributed by atoms with E-state index in [1.165, 1.54) is 12.1 Å². The van der Waals surface area contributed by atoms with Crippen molar-refractivity contribution in [3.63, 3.8) is 0 Å². The van der Waals surface area contributed by atoms with Crippen molar-refractivity contribution in [1.29, 1.82) is 0 Å². The van der Waals surface area contributed by atoms with Crippen LogP contribution in [0.2, 0.25) is 0 Å². The van der Waals surface area contributed by atoms with Crippen molar-refractivity contribution in [2.75, 3.05) is 13.7 Å². The summed E-state index contributed by atoms with van der Waals surface area (Å²) in [6.07, 6.45) is 1.94. The highest BCUT2D eigenvalue weighted by Gasteiger charge is 2.42. The number of ether oxygens (including phenoxy) is 2. The molecule has 0 aromatic heterocycles. The topological polar surface area (TPSA) is 30.5 Å². The lowest BCUT2D eigenvalue weighted by Gasteiger charge is -2.43. The van der Waals surface area contributed by atoms with Gasteiger partial charge in [0, 0.05) is 25.1 Å². The van der Waals surface area contributed by atoms with Crippen LogP contribution >= 0.6 is 0 Å². The molecule has 1 aliphatic carbocycles. The zero-order valence-corrected chi connectivity index (χ0v) is 10.9. The molecule has 0 radical (unpaired) electrons. The molecule has 3 unspecified atom stereocenters. The molecule has 3 atom stereocenters. The SMILES string of the molecule is CCCOC1C(NC)CC1Oc1cccc(F)c1. The largest absolute Gasteiger partial charge is 0.487 e. The van der Waals surface area contributed by atoms with E-state index in [1.807, 2.05) is 7.05 Å². The molecule has 1 aromatic rings. The molecule has 0 bridgehead atoms. The third-order valence-electron chi connectivity index (χ3n) is 3.22. The van der Waals surface area contributed by atoms with Crippen LogP contribution in [0.5, 0.6) is 5.75 Å². The van der Waals surface area contributed by atoms with Gasteiger partial charge in [0.15, 0.2) is 0 Å². The Bertz CT molecular complexity index is 386. The fourth-order valence-corrected chi connectivity index (χ4v) is 2.17. The van der Waals surface area contributed by atoms with Gasteiger partial charge in [-0.25, -0.2) is 4.39 Å². The minimum Gasteiger partial charge on any atom is -0.487 e. The van der Waals surface area contributed by atoms with Gasteiger partial charge in [-0.15, -0.1) is 0 Å². The van der Waals surface area contributed by atoms with Gasteiger partial charge in [-0.2, -0.15) is 0 Å². The summed E-state index contributed by atoms with van der Waals surface area (Å²) in [7, 11) is 1.92. The molecule has 100 valence electrons. The molecule has 0 heterocycles. The zero-order chi connectivity index (χ0) is 13.0. The summed E-state index contributed by atoms with van der Waals surface area (Å²) in [5.41, 5.74) is 0. The molecular weight excluding hydrogens is 233 g/mol. The van der Waals surface area contributed by atoms with E-state index in [2.05, 4.69) is 12.2 Å². The van der Waals surface area contributed by atoms with Crippen molar-refractivity contribution in [3.05, 3.63) is 30.1 Å². The van der Waals surface area contributed by atoms with Crippen LogP contribution in [0.4, 0.5) is 4.39 Å². The Kier molecular flexibility index (Phi) is 4.55. The third-order valence-corrected chi connectivity index (χ3v) is 3.22. The molecular formula is C14H20FNO2. The molecule has 3 nitrogen and oxygen atoms in total. The highest BCUT2D eigenvalue weighted by Crippen LogP contribution is 2.29. The van der Waals surface area contributed by atoms with Crippen molar-refractivity contribution in [2.45, 2.75) is 38.0 Å². The van der Waals surface area contributed by atoms with E-state index in [0.717, 1.165) is 19.4 Å². The molecule has 0 aliphatic heterocycles. The second kappa shape index (κ2) is 6.16. The van der Waals surface area contributed by atoms with E-state index in [-0.39, 0.29) is 18.0 Å². The molecule has 1 saturated carbocycles. The van der Waals surface area contributed by atoms with Crippen molar-refractivity contribution < 1.29 is 13.9 Å². The lowest BCUT2D eigenvalue weighted by atomic mass is 9.85. The first-order valence-electron chi connectivity index (χ1n) is 6.45. The first kappa shape index (κ1) is 13.3. The smallest absolute Gasteiger partial charge is 0.128 e. The fraction of sp³-hybridized carbons (Fsp3) is 0.571. The van der Waals surface area contributed by atoms with Crippen LogP contribution < -0.4 is 10.1 Å². The first-order chi connectivity index (χ1) is 8.74. The molecule has 0 amide bonds. The van der Waals surface area contributed by atoms with Gasteiger partial charge in [-0.1, -0.05) is 13.0 Å². The molecule has 18 heavy (non-hydrogen) atoms. The van der Waals surface area contributed by atoms with Crippen LogP contribution in [0.1, 0.15) is 19.8 Å². The van der Waals surface area contributed by atoms with Gasteiger partial charge in [-0.3, -0.25) is 0 Å². The van der Waals surface area contributed by atoms with E-state index < -0.39 is 0 Å². The number of hydrogen-bond acceptors (Lipinski definition) is 3. The predicted octanol–water partition coefficient (Wildman–Crippen LogP) is 2.36. The number of hydrogen-bond donors (Lipinski definition) is 1. The van der Waals surface area contributed by atoms with Crippen LogP contribution in [-0.4, -0.2) is 31.9 Å². The van der Waals surface area contributed by atoms with Gasteiger partial charge in [0.1, 0.15) is 23.8 Å². The van der Waals surface area contributed by atoms with Crippen LogP contribution in [0, 0.1) is 5.82 Å². The summed E-state index contributed by atoms with van der Waals surface area (Å²) in [5, 5.41) is 3.21. The van der Waals surface area contributed by atoms with Gasteiger partial charge in [0.25, 0.3) is 0 Å². The van der Waals surface area contributed by atoms with E-state index in [1.54, 1.807) is 12.1 Å². The number of halogens is 1. The van der Waals surface area contributed by atoms with Crippen LogP contribution in [0.25, 0.3) is 0 Å². The van der Waals surface area contributed by atoms with Gasteiger partial charge in [-0.05, 0) is 25.6 Å². The molecule has 2 rings (SSSR count). The molecule has 0 saturated heterocycles. The monoisotopic (exact) mass is 253 g/mol. The number of rotatable bonds is 6. The van der Waals surface area contributed by atoms with Crippen molar-refractivity contribution in [2.24, 2.45) is 0 Å². The second-order valence-electron chi connectivity index (χ2n) is 4.58. The van der Waals surface area contributed by atoms with E-state index >= 15 is 0 Å². The molecule has 0 spiro atoms. The molecule has 1 aromatic carbocycles. The minimum absolute atomic E-state index is 0.01000. The Morgan fingerprint density at radius 3 is 2.94 bits per heavy atom. The Morgan fingerprint density at radius 1 is 1.44 bits per heavy atom. The summed E-state index contributed by atoms with van der Waals surface area (Å²) >= 11 is 0. The second-order valence-corrected chi connectivity index (χ2v) is 4.58.